The molecule has 0 bridgehead atoms. The van der Waals surface area contributed by atoms with Crippen molar-refractivity contribution in [3.63, 3.8) is 0 Å². The summed E-state index contributed by atoms with van der Waals surface area (Å²) in [6.07, 6.45) is 3.46. The number of rotatable bonds is 6. The van der Waals surface area contributed by atoms with Gasteiger partial charge in [0.15, 0.2) is 0 Å². The van der Waals surface area contributed by atoms with Crippen LogP contribution in [-0.4, -0.2) is 15.9 Å². The van der Waals surface area contributed by atoms with Gasteiger partial charge < -0.3 is 10.1 Å². The van der Waals surface area contributed by atoms with Crippen LogP contribution in [0.15, 0.2) is 85.2 Å². The van der Waals surface area contributed by atoms with Gasteiger partial charge in [-0.05, 0) is 67.8 Å². The first-order chi connectivity index (χ1) is 15.5. The minimum Gasteiger partial charge on any atom is -0.439 e. The van der Waals surface area contributed by atoms with E-state index in [0.29, 0.717) is 17.2 Å². The molecule has 4 aromatic rings. The Morgan fingerprint density at radius 1 is 0.906 bits per heavy atom. The van der Waals surface area contributed by atoms with E-state index in [1.54, 1.807) is 24.5 Å². The predicted molar refractivity (Wildman–Crippen MR) is 126 cm³/mol. The third-order valence-electron chi connectivity index (χ3n) is 5.20. The van der Waals surface area contributed by atoms with E-state index in [4.69, 9.17) is 4.74 Å². The van der Waals surface area contributed by atoms with Crippen LogP contribution in [0.3, 0.4) is 0 Å². The largest absolute Gasteiger partial charge is 0.439 e. The summed E-state index contributed by atoms with van der Waals surface area (Å²) >= 11 is 0. The summed E-state index contributed by atoms with van der Waals surface area (Å²) in [4.78, 5) is 21.7. The van der Waals surface area contributed by atoms with E-state index in [9.17, 15) is 4.79 Å². The lowest BCUT2D eigenvalue weighted by Gasteiger charge is -2.16. The number of pyridine rings is 2. The van der Waals surface area contributed by atoms with Gasteiger partial charge in [-0.1, -0.05) is 42.0 Å². The highest BCUT2D eigenvalue weighted by Crippen LogP contribution is 2.29. The lowest BCUT2D eigenvalue weighted by atomic mass is 10.0. The Kier molecular flexibility index (Phi) is 6.26. The molecule has 2 heterocycles. The number of carbonyl (C=O) groups is 1. The standard InChI is InChI=1S/C27H25N3O2/c1-18-7-10-21(11-8-18)23-14-24(16-25(15-23)32-26-6-4-5-13-28-26)27(31)30-20(3)22-12-9-19(2)29-17-22/h4-17,20H,1-3H3,(H,30,31)/t20-/m1/s1. The second-order valence-corrected chi connectivity index (χ2v) is 7.81. The van der Waals surface area contributed by atoms with Gasteiger partial charge in [0.05, 0.1) is 6.04 Å². The maximum atomic E-state index is 13.1. The molecule has 5 heteroatoms. The summed E-state index contributed by atoms with van der Waals surface area (Å²) in [5.41, 5.74) is 5.48. The number of aromatic nitrogens is 2. The number of aryl methyl sites for hydroxylation is 2. The smallest absolute Gasteiger partial charge is 0.251 e. The Labute approximate surface area is 188 Å². The van der Waals surface area contributed by atoms with Crippen molar-refractivity contribution < 1.29 is 9.53 Å². The van der Waals surface area contributed by atoms with E-state index in [1.165, 1.54) is 5.56 Å². The number of hydrogen-bond donors (Lipinski definition) is 1. The van der Waals surface area contributed by atoms with Crippen molar-refractivity contribution in [1.29, 1.82) is 0 Å². The number of carbonyl (C=O) groups excluding carboxylic acids is 1. The van der Waals surface area contributed by atoms with Crippen LogP contribution in [0.2, 0.25) is 0 Å². The third kappa shape index (κ3) is 5.19. The molecule has 0 aliphatic rings. The van der Waals surface area contributed by atoms with E-state index in [1.807, 2.05) is 81.4 Å². The van der Waals surface area contributed by atoms with Crippen molar-refractivity contribution in [2.75, 3.05) is 0 Å². The van der Waals surface area contributed by atoms with Crippen LogP contribution < -0.4 is 10.1 Å². The van der Waals surface area contributed by atoms with E-state index >= 15 is 0 Å². The van der Waals surface area contributed by atoms with Crippen molar-refractivity contribution in [2.45, 2.75) is 26.8 Å². The van der Waals surface area contributed by atoms with Crippen LogP contribution in [0, 0.1) is 13.8 Å². The number of benzene rings is 2. The summed E-state index contributed by atoms with van der Waals surface area (Å²) in [5, 5.41) is 3.06. The monoisotopic (exact) mass is 423 g/mol. The quantitative estimate of drug-likeness (QED) is 0.410. The number of ether oxygens (including phenoxy) is 1. The number of hydrogen-bond acceptors (Lipinski definition) is 4. The van der Waals surface area contributed by atoms with Crippen LogP contribution in [0.5, 0.6) is 11.6 Å². The predicted octanol–water partition coefficient (Wildman–Crippen LogP) is 6.04. The van der Waals surface area contributed by atoms with Crippen molar-refractivity contribution >= 4 is 5.91 Å². The van der Waals surface area contributed by atoms with Gasteiger partial charge in [-0.25, -0.2) is 4.98 Å². The molecule has 0 unspecified atom stereocenters. The molecule has 0 aliphatic heterocycles. The summed E-state index contributed by atoms with van der Waals surface area (Å²) in [7, 11) is 0. The molecule has 1 atom stereocenters. The normalized spacial score (nSPS) is 11.6. The molecule has 2 aromatic heterocycles. The second kappa shape index (κ2) is 9.43. The Morgan fingerprint density at radius 3 is 2.41 bits per heavy atom. The van der Waals surface area contributed by atoms with Gasteiger partial charge in [0, 0.05) is 29.7 Å². The molecule has 1 N–H and O–H groups in total. The van der Waals surface area contributed by atoms with Gasteiger partial charge in [-0.2, -0.15) is 0 Å². The molecule has 1 amide bonds. The SMILES string of the molecule is Cc1ccc(-c2cc(Oc3ccccn3)cc(C(=O)N[C@H](C)c3ccc(C)nc3)c2)cc1. The molecule has 32 heavy (non-hydrogen) atoms. The number of nitrogens with one attached hydrogen (secondary N) is 1. The van der Waals surface area contributed by atoms with E-state index < -0.39 is 0 Å². The Balaban J connectivity index is 1.65. The van der Waals surface area contributed by atoms with Crippen LogP contribution >= 0.6 is 0 Å². The first-order valence-corrected chi connectivity index (χ1v) is 10.5. The van der Waals surface area contributed by atoms with Crippen LogP contribution in [0.1, 0.15) is 40.1 Å². The highest BCUT2D eigenvalue weighted by molar-refractivity contribution is 5.96. The van der Waals surface area contributed by atoms with Crippen molar-refractivity contribution in [2.24, 2.45) is 0 Å². The molecule has 0 saturated carbocycles. The molecule has 0 fully saturated rings. The molecular weight excluding hydrogens is 398 g/mol. The van der Waals surface area contributed by atoms with Gasteiger partial charge in [0.1, 0.15) is 5.75 Å². The van der Waals surface area contributed by atoms with E-state index in [-0.39, 0.29) is 11.9 Å². The molecule has 2 aromatic carbocycles. The third-order valence-corrected chi connectivity index (χ3v) is 5.20. The highest BCUT2D eigenvalue weighted by Gasteiger charge is 2.15. The Morgan fingerprint density at radius 2 is 1.72 bits per heavy atom. The lowest BCUT2D eigenvalue weighted by Crippen LogP contribution is -2.26. The maximum Gasteiger partial charge on any atom is 0.251 e. The fourth-order valence-electron chi connectivity index (χ4n) is 3.33. The summed E-state index contributed by atoms with van der Waals surface area (Å²) < 4.78 is 5.96. The minimum atomic E-state index is -0.182. The number of amides is 1. The van der Waals surface area contributed by atoms with E-state index in [0.717, 1.165) is 22.4 Å². The van der Waals surface area contributed by atoms with Gasteiger partial charge in [0.25, 0.3) is 5.91 Å². The topological polar surface area (TPSA) is 64.1 Å². The molecule has 0 spiro atoms. The zero-order chi connectivity index (χ0) is 22.5. The molecule has 0 aliphatic carbocycles. The maximum absolute atomic E-state index is 13.1. The fraction of sp³-hybridized carbons (Fsp3) is 0.148. The lowest BCUT2D eigenvalue weighted by molar-refractivity contribution is 0.0939. The highest BCUT2D eigenvalue weighted by atomic mass is 16.5. The van der Waals surface area contributed by atoms with Crippen molar-refractivity contribution in [1.82, 2.24) is 15.3 Å². The summed E-state index contributed by atoms with van der Waals surface area (Å²) in [5.74, 6) is 0.841. The minimum absolute atomic E-state index is 0.182. The molecule has 5 nitrogen and oxygen atoms in total. The van der Waals surface area contributed by atoms with Crippen molar-refractivity contribution in [3.8, 4) is 22.8 Å². The first-order valence-electron chi connectivity index (χ1n) is 10.5. The molecule has 0 radical (unpaired) electrons. The summed E-state index contributed by atoms with van der Waals surface area (Å²) in [6, 6.07) is 22.9. The fourth-order valence-corrected chi connectivity index (χ4v) is 3.33. The number of nitrogens with zero attached hydrogens (tertiary/aromatic N) is 2. The zero-order valence-corrected chi connectivity index (χ0v) is 18.4. The Bertz CT molecular complexity index is 1200. The molecule has 4 rings (SSSR count). The van der Waals surface area contributed by atoms with E-state index in [2.05, 4.69) is 15.3 Å². The second-order valence-electron chi connectivity index (χ2n) is 7.81. The molecule has 160 valence electrons. The van der Waals surface area contributed by atoms with Gasteiger partial charge in [-0.15, -0.1) is 0 Å². The first kappa shape index (κ1) is 21.2. The average molecular weight is 424 g/mol. The van der Waals surface area contributed by atoms with Gasteiger partial charge >= 0.3 is 0 Å². The molecule has 0 saturated heterocycles. The summed E-state index contributed by atoms with van der Waals surface area (Å²) in [6.45, 7) is 5.93. The molecular formula is C27H25N3O2. The zero-order valence-electron chi connectivity index (χ0n) is 18.4. The average Bonchev–Trinajstić information content (AvgIpc) is 2.80. The van der Waals surface area contributed by atoms with Crippen LogP contribution in [0.4, 0.5) is 0 Å². The van der Waals surface area contributed by atoms with Crippen molar-refractivity contribution in [3.05, 3.63) is 108 Å². The Hall–Kier alpha value is -3.99. The van der Waals surface area contributed by atoms with Crippen LogP contribution in [-0.2, 0) is 0 Å². The van der Waals surface area contributed by atoms with Crippen LogP contribution in [0.25, 0.3) is 11.1 Å². The van der Waals surface area contributed by atoms with Gasteiger partial charge in [-0.3, -0.25) is 9.78 Å². The van der Waals surface area contributed by atoms with Gasteiger partial charge in [0.2, 0.25) is 5.88 Å².